The Labute approximate surface area is 286 Å². The summed E-state index contributed by atoms with van der Waals surface area (Å²) in [4.78, 5) is 24.1. The van der Waals surface area contributed by atoms with E-state index in [1.807, 2.05) is 25.1 Å². The van der Waals surface area contributed by atoms with Crippen molar-refractivity contribution < 1.29 is 34.0 Å². The number of rotatable bonds is 20. The molecule has 0 aliphatic carbocycles. The van der Waals surface area contributed by atoms with E-state index >= 15 is 0 Å². The topological polar surface area (TPSA) is 102 Å². The molecule has 0 aliphatic heterocycles. The smallest absolute Gasteiger partial charge is 0.333 e. The molecule has 0 aliphatic rings. The number of aliphatic hydroxyl groups is 2. The van der Waals surface area contributed by atoms with Crippen LogP contribution >= 0.6 is 0 Å². The van der Waals surface area contributed by atoms with Crippen LogP contribution < -0.4 is 4.74 Å². The normalized spacial score (nSPS) is 11.2. The molecule has 0 unspecified atom stereocenters. The van der Waals surface area contributed by atoms with Gasteiger partial charge in [-0.15, -0.1) is 0 Å². The average molecular weight is 657 g/mol. The van der Waals surface area contributed by atoms with Gasteiger partial charge in [-0.3, -0.25) is 0 Å². The van der Waals surface area contributed by atoms with E-state index in [1.165, 1.54) is 0 Å². The third-order valence-electron chi connectivity index (χ3n) is 8.56. The third-order valence-corrected chi connectivity index (χ3v) is 8.56. The molecule has 0 radical (unpaired) electrons. The van der Waals surface area contributed by atoms with Gasteiger partial charge < -0.3 is 24.4 Å². The number of hydrogen-bond acceptors (Lipinski definition) is 7. The standard InChI is InChI=1S/C41H52O7/c1-7-19-41(27-42,28-43)20-23-46-38-34(15-11-21-47-39(44)29(2)3)25-36(26-35(38)16-12-22-48-40(45)30(4)5)37-18-17-33(24-31(37)6)32-13-9-8-10-14-32/h8-10,13-14,17-18,24-26,42-43H,2,4,7,11-12,15-16,19-23,27-28H2,1,3,5-6H3. The molecule has 0 heterocycles. The Morgan fingerprint density at radius 1 is 0.729 bits per heavy atom. The Morgan fingerprint density at radius 2 is 1.29 bits per heavy atom. The van der Waals surface area contributed by atoms with E-state index < -0.39 is 17.4 Å². The Balaban J connectivity index is 2.02. The Morgan fingerprint density at radius 3 is 1.77 bits per heavy atom. The van der Waals surface area contributed by atoms with E-state index in [0.717, 1.165) is 51.1 Å². The summed E-state index contributed by atoms with van der Waals surface area (Å²) in [6, 6.07) is 21.0. The molecule has 7 nitrogen and oxygen atoms in total. The van der Waals surface area contributed by atoms with Crippen LogP contribution in [0.4, 0.5) is 0 Å². The summed E-state index contributed by atoms with van der Waals surface area (Å²) in [7, 11) is 0. The Hall–Kier alpha value is -4.20. The second-order valence-corrected chi connectivity index (χ2v) is 12.7. The van der Waals surface area contributed by atoms with Gasteiger partial charge in [0.05, 0.1) is 33.0 Å². The molecule has 0 amide bonds. The zero-order valence-corrected chi connectivity index (χ0v) is 29.1. The summed E-state index contributed by atoms with van der Waals surface area (Å²) < 4.78 is 17.3. The SMILES string of the molecule is C=C(C)C(=O)OCCCc1cc(-c2ccc(-c3ccccc3)cc2C)cc(CCCOC(=O)C(=C)C)c1OCCC(CO)(CO)CCC. The molecule has 3 aromatic carbocycles. The first-order valence-electron chi connectivity index (χ1n) is 16.9. The van der Waals surface area contributed by atoms with Crippen molar-refractivity contribution in [3.05, 3.63) is 102 Å². The predicted octanol–water partition coefficient (Wildman–Crippen LogP) is 7.97. The number of carbonyl (C=O) groups excluding carboxylic acids is 2. The summed E-state index contributed by atoms with van der Waals surface area (Å²) in [5.74, 6) is -0.102. The van der Waals surface area contributed by atoms with Gasteiger partial charge >= 0.3 is 11.9 Å². The molecule has 0 fully saturated rings. The van der Waals surface area contributed by atoms with Crippen molar-refractivity contribution in [2.24, 2.45) is 5.41 Å². The number of aryl methyl sites for hydroxylation is 3. The van der Waals surface area contributed by atoms with Crippen LogP contribution in [0.15, 0.2) is 85.0 Å². The van der Waals surface area contributed by atoms with E-state index in [1.54, 1.807) is 13.8 Å². The fourth-order valence-electron chi connectivity index (χ4n) is 5.76. The quantitative estimate of drug-likeness (QED) is 0.0723. The fraction of sp³-hybridized carbons (Fsp3) is 0.415. The summed E-state index contributed by atoms with van der Waals surface area (Å²) in [5, 5.41) is 20.3. The number of esters is 2. The molecule has 0 saturated heterocycles. The van der Waals surface area contributed by atoms with Gasteiger partial charge in [0.15, 0.2) is 0 Å². The number of ether oxygens (including phenoxy) is 3. The van der Waals surface area contributed by atoms with Gasteiger partial charge in [0.25, 0.3) is 0 Å². The second kappa shape index (κ2) is 19.0. The van der Waals surface area contributed by atoms with Gasteiger partial charge in [-0.05, 0) is 110 Å². The molecular formula is C41H52O7. The molecule has 2 N–H and O–H groups in total. The molecule has 0 bridgehead atoms. The van der Waals surface area contributed by atoms with Crippen LogP contribution in [0.25, 0.3) is 22.3 Å². The van der Waals surface area contributed by atoms with E-state index in [2.05, 4.69) is 62.5 Å². The van der Waals surface area contributed by atoms with Crippen molar-refractivity contribution in [2.45, 2.75) is 72.6 Å². The summed E-state index contributed by atoms with van der Waals surface area (Å²) in [6.45, 7) is 15.3. The van der Waals surface area contributed by atoms with E-state index in [9.17, 15) is 19.8 Å². The molecular weight excluding hydrogens is 604 g/mol. The lowest BCUT2D eigenvalue weighted by Gasteiger charge is -2.30. The van der Waals surface area contributed by atoms with Crippen LogP contribution in [0.1, 0.15) is 69.6 Å². The fourth-order valence-corrected chi connectivity index (χ4v) is 5.76. The lowest BCUT2D eigenvalue weighted by molar-refractivity contribution is -0.139. The molecule has 0 aromatic heterocycles. The maximum atomic E-state index is 12.0. The molecule has 3 rings (SSSR count). The van der Waals surface area contributed by atoms with Crippen molar-refractivity contribution in [3.63, 3.8) is 0 Å². The van der Waals surface area contributed by atoms with Gasteiger partial charge in [-0.25, -0.2) is 9.59 Å². The van der Waals surface area contributed by atoms with Crippen molar-refractivity contribution in [1.82, 2.24) is 0 Å². The minimum atomic E-state index is -0.625. The largest absolute Gasteiger partial charge is 0.493 e. The maximum absolute atomic E-state index is 12.0. The Bertz CT molecular complexity index is 1480. The third kappa shape index (κ3) is 10.9. The average Bonchev–Trinajstić information content (AvgIpc) is 3.08. The summed E-state index contributed by atoms with van der Waals surface area (Å²) in [5.41, 5.74) is 7.56. The van der Waals surface area contributed by atoms with Crippen LogP contribution in [-0.4, -0.2) is 55.2 Å². The van der Waals surface area contributed by atoms with Crippen LogP contribution in [-0.2, 0) is 31.9 Å². The number of aliphatic hydroxyl groups excluding tert-OH is 2. The van der Waals surface area contributed by atoms with Gasteiger partial charge in [0.2, 0.25) is 0 Å². The van der Waals surface area contributed by atoms with Crippen molar-refractivity contribution in [3.8, 4) is 28.0 Å². The van der Waals surface area contributed by atoms with Crippen molar-refractivity contribution in [2.75, 3.05) is 33.0 Å². The number of hydrogen-bond donors (Lipinski definition) is 2. The summed E-state index contributed by atoms with van der Waals surface area (Å²) in [6.07, 6.45) is 4.34. The lowest BCUT2D eigenvalue weighted by atomic mass is 9.82. The van der Waals surface area contributed by atoms with Crippen molar-refractivity contribution >= 4 is 11.9 Å². The summed E-state index contributed by atoms with van der Waals surface area (Å²) >= 11 is 0. The van der Waals surface area contributed by atoms with E-state index in [0.29, 0.717) is 56.3 Å². The Kier molecular flexibility index (Phi) is 15.1. The minimum Gasteiger partial charge on any atom is -0.493 e. The first-order valence-corrected chi connectivity index (χ1v) is 16.9. The van der Waals surface area contributed by atoms with Crippen LogP contribution in [0.2, 0.25) is 0 Å². The molecule has 0 saturated carbocycles. The van der Waals surface area contributed by atoms with E-state index in [-0.39, 0.29) is 26.4 Å². The first-order chi connectivity index (χ1) is 23.0. The second-order valence-electron chi connectivity index (χ2n) is 12.7. The highest BCUT2D eigenvalue weighted by atomic mass is 16.5. The molecule has 48 heavy (non-hydrogen) atoms. The molecule has 7 heteroatoms. The van der Waals surface area contributed by atoms with E-state index in [4.69, 9.17) is 14.2 Å². The zero-order chi connectivity index (χ0) is 35.1. The highest BCUT2D eigenvalue weighted by Gasteiger charge is 2.28. The number of carbonyl (C=O) groups is 2. The van der Waals surface area contributed by atoms with Gasteiger partial charge in [0.1, 0.15) is 5.75 Å². The van der Waals surface area contributed by atoms with Crippen molar-refractivity contribution in [1.29, 1.82) is 0 Å². The molecule has 0 spiro atoms. The zero-order valence-electron chi connectivity index (χ0n) is 29.1. The van der Waals surface area contributed by atoms with Gasteiger partial charge in [-0.2, -0.15) is 0 Å². The molecule has 0 atom stereocenters. The van der Waals surface area contributed by atoms with Gasteiger partial charge in [0, 0.05) is 16.6 Å². The predicted molar refractivity (Wildman–Crippen MR) is 192 cm³/mol. The molecule has 258 valence electrons. The first kappa shape index (κ1) is 38.2. The highest BCUT2D eigenvalue weighted by Crippen LogP contribution is 2.37. The number of benzene rings is 3. The highest BCUT2D eigenvalue weighted by molar-refractivity contribution is 5.87. The van der Waals surface area contributed by atoms with Crippen LogP contribution in [0.5, 0.6) is 5.75 Å². The van der Waals surface area contributed by atoms with Crippen LogP contribution in [0.3, 0.4) is 0 Å². The van der Waals surface area contributed by atoms with Gasteiger partial charge in [-0.1, -0.05) is 75.0 Å². The maximum Gasteiger partial charge on any atom is 0.333 e. The van der Waals surface area contributed by atoms with Crippen LogP contribution in [0, 0.1) is 12.3 Å². The molecule has 3 aromatic rings. The minimum absolute atomic E-state index is 0.125. The lowest BCUT2D eigenvalue weighted by Crippen LogP contribution is -2.31. The monoisotopic (exact) mass is 656 g/mol.